The van der Waals surface area contributed by atoms with E-state index in [0.29, 0.717) is 24.5 Å². The number of hydrogen-bond donors (Lipinski definition) is 1. The molecule has 4 rings (SSSR count). The van der Waals surface area contributed by atoms with E-state index in [1.54, 1.807) is 18.2 Å². The van der Waals surface area contributed by atoms with Crippen molar-refractivity contribution in [1.29, 1.82) is 0 Å². The monoisotopic (exact) mass is 373 g/mol. The smallest absolute Gasteiger partial charge is 0.249 e. The minimum atomic E-state index is -3.61. The molecule has 3 heterocycles. The van der Waals surface area contributed by atoms with Crippen molar-refractivity contribution < 1.29 is 12.9 Å². The molecular weight excluding hydrogens is 350 g/mol. The first-order valence-electron chi connectivity index (χ1n) is 8.85. The fourth-order valence-corrected chi connectivity index (χ4v) is 6.45. The van der Waals surface area contributed by atoms with E-state index in [-0.39, 0.29) is 22.9 Å². The molecule has 2 aliphatic rings. The normalized spacial score (nSPS) is 26.2. The number of fused-ring (bicyclic) bond motifs is 2. The molecule has 0 amide bonds. The van der Waals surface area contributed by atoms with Crippen LogP contribution in [0, 0.1) is 13.8 Å². The van der Waals surface area contributed by atoms with E-state index < -0.39 is 10.0 Å². The Morgan fingerprint density at radius 3 is 2.38 bits per heavy atom. The molecule has 0 radical (unpaired) electrons. The van der Waals surface area contributed by atoms with Crippen LogP contribution in [0.25, 0.3) is 6.08 Å². The van der Waals surface area contributed by atoms with Crippen LogP contribution < -0.4 is 5.32 Å². The third kappa shape index (κ3) is 2.53. The molecule has 2 aliphatic heterocycles. The lowest BCUT2D eigenvalue weighted by Gasteiger charge is -2.57. The lowest BCUT2D eigenvalue weighted by molar-refractivity contribution is 0.0369. The van der Waals surface area contributed by atoms with Crippen molar-refractivity contribution in [1.82, 2.24) is 14.8 Å². The second-order valence-electron chi connectivity index (χ2n) is 6.97. The Bertz CT molecular complexity index is 915. The maximum absolute atomic E-state index is 13.2. The van der Waals surface area contributed by atoms with Gasteiger partial charge in [0.1, 0.15) is 10.6 Å². The van der Waals surface area contributed by atoms with Crippen molar-refractivity contribution in [3.63, 3.8) is 0 Å². The molecular formula is C19H23N3O3S. The van der Waals surface area contributed by atoms with Gasteiger partial charge in [0.2, 0.25) is 10.0 Å². The molecule has 138 valence electrons. The van der Waals surface area contributed by atoms with E-state index in [9.17, 15) is 8.42 Å². The first-order chi connectivity index (χ1) is 12.4. The van der Waals surface area contributed by atoms with Gasteiger partial charge in [-0.25, -0.2) is 8.42 Å². The quantitative estimate of drug-likeness (QED) is 0.891. The lowest BCUT2D eigenvalue weighted by atomic mass is 9.75. The van der Waals surface area contributed by atoms with E-state index in [1.807, 2.05) is 13.0 Å². The van der Waals surface area contributed by atoms with E-state index in [4.69, 9.17) is 4.52 Å². The number of benzene rings is 1. The van der Waals surface area contributed by atoms with Gasteiger partial charge in [-0.05, 0) is 31.9 Å². The predicted octanol–water partition coefficient (Wildman–Crippen LogP) is 2.45. The number of rotatable bonds is 4. The molecule has 2 aromatic rings. The number of hydrogen-bond acceptors (Lipinski definition) is 5. The SMILES string of the molecule is CC=Cc1ccc(C2[C@H]3CNC[C@@H]2N3S(=O)(=O)c2c(C)noc2C)cc1. The first-order valence-corrected chi connectivity index (χ1v) is 10.3. The van der Waals surface area contributed by atoms with Crippen molar-refractivity contribution in [2.75, 3.05) is 13.1 Å². The third-order valence-electron chi connectivity index (χ3n) is 5.37. The maximum atomic E-state index is 13.2. The van der Waals surface area contributed by atoms with Crippen LogP contribution in [0.3, 0.4) is 0 Å². The van der Waals surface area contributed by atoms with E-state index >= 15 is 0 Å². The average Bonchev–Trinajstić information content (AvgIpc) is 2.96. The summed E-state index contributed by atoms with van der Waals surface area (Å²) in [7, 11) is -3.61. The van der Waals surface area contributed by atoms with Gasteiger partial charge in [0.25, 0.3) is 0 Å². The van der Waals surface area contributed by atoms with Gasteiger partial charge < -0.3 is 9.84 Å². The van der Waals surface area contributed by atoms with Gasteiger partial charge in [-0.3, -0.25) is 0 Å². The third-order valence-corrected chi connectivity index (χ3v) is 7.57. The van der Waals surface area contributed by atoms with Crippen LogP contribution in [0.2, 0.25) is 0 Å². The summed E-state index contributed by atoms with van der Waals surface area (Å²) in [6.45, 7) is 6.63. The van der Waals surface area contributed by atoms with Gasteiger partial charge in [0.15, 0.2) is 5.76 Å². The van der Waals surface area contributed by atoms with Crippen LogP contribution in [0.5, 0.6) is 0 Å². The van der Waals surface area contributed by atoms with Crippen molar-refractivity contribution in [3.8, 4) is 0 Å². The van der Waals surface area contributed by atoms with Crippen molar-refractivity contribution >= 4 is 16.1 Å². The number of nitrogens with one attached hydrogen (secondary N) is 1. The van der Waals surface area contributed by atoms with Crippen LogP contribution >= 0.6 is 0 Å². The summed E-state index contributed by atoms with van der Waals surface area (Å²) in [6, 6.07) is 8.24. The van der Waals surface area contributed by atoms with Crippen molar-refractivity contribution in [3.05, 3.63) is 52.9 Å². The Kier molecular flexibility index (Phi) is 4.25. The summed E-state index contributed by atoms with van der Waals surface area (Å²) >= 11 is 0. The van der Waals surface area contributed by atoms with Crippen LogP contribution in [0.15, 0.2) is 39.8 Å². The standard InChI is InChI=1S/C19H23N3O3S/c1-4-5-14-6-8-15(9-7-14)18-16-10-20-11-17(18)22(16)26(23,24)19-12(2)21-25-13(19)3/h4-9,16-18,20H,10-11H2,1-3H3/t16-,17+,18?. The van der Waals surface area contributed by atoms with Crippen molar-refractivity contribution in [2.45, 2.75) is 43.7 Å². The molecule has 2 fully saturated rings. The molecule has 2 bridgehead atoms. The van der Waals surface area contributed by atoms with E-state index in [0.717, 1.165) is 5.56 Å². The molecule has 26 heavy (non-hydrogen) atoms. The number of nitrogens with zero attached hydrogens (tertiary/aromatic N) is 2. The maximum Gasteiger partial charge on any atom is 0.249 e. The summed E-state index contributed by atoms with van der Waals surface area (Å²) < 4.78 is 33.2. The van der Waals surface area contributed by atoms with Gasteiger partial charge >= 0.3 is 0 Å². The number of piperazine rings is 1. The molecule has 7 heteroatoms. The fourth-order valence-electron chi connectivity index (χ4n) is 4.30. The molecule has 0 spiro atoms. The number of aryl methyl sites for hydroxylation is 2. The van der Waals surface area contributed by atoms with Gasteiger partial charge in [-0.2, -0.15) is 4.31 Å². The zero-order valence-corrected chi connectivity index (χ0v) is 16.0. The number of allylic oxidation sites excluding steroid dienone is 1. The zero-order valence-electron chi connectivity index (χ0n) is 15.1. The van der Waals surface area contributed by atoms with E-state index in [1.165, 1.54) is 5.56 Å². The molecule has 3 atom stereocenters. The van der Waals surface area contributed by atoms with Crippen LogP contribution in [-0.4, -0.2) is 43.1 Å². The topological polar surface area (TPSA) is 75.4 Å². The number of sulfonamides is 1. The Morgan fingerprint density at radius 2 is 1.85 bits per heavy atom. The van der Waals surface area contributed by atoms with Gasteiger partial charge in [0.05, 0.1) is 0 Å². The minimum absolute atomic E-state index is 0.0833. The molecule has 6 nitrogen and oxygen atoms in total. The highest BCUT2D eigenvalue weighted by molar-refractivity contribution is 7.89. The molecule has 1 aromatic heterocycles. The number of aromatic nitrogens is 1. The average molecular weight is 373 g/mol. The largest absolute Gasteiger partial charge is 0.360 e. The second kappa shape index (κ2) is 6.33. The van der Waals surface area contributed by atoms with Gasteiger partial charge in [-0.1, -0.05) is 41.6 Å². The first kappa shape index (κ1) is 17.5. The molecule has 0 aliphatic carbocycles. The summed E-state index contributed by atoms with van der Waals surface area (Å²) in [5.74, 6) is 0.568. The Balaban J connectivity index is 1.66. The fraction of sp³-hybridized carbons (Fsp3) is 0.421. The minimum Gasteiger partial charge on any atom is -0.360 e. The Morgan fingerprint density at radius 1 is 1.19 bits per heavy atom. The summed E-state index contributed by atoms with van der Waals surface area (Å²) in [4.78, 5) is 0.219. The highest BCUT2D eigenvalue weighted by Gasteiger charge is 2.57. The van der Waals surface area contributed by atoms with E-state index in [2.05, 4.69) is 40.8 Å². The van der Waals surface area contributed by atoms with Gasteiger partial charge in [-0.15, -0.1) is 0 Å². The summed E-state index contributed by atoms with van der Waals surface area (Å²) in [5.41, 5.74) is 2.77. The molecule has 1 unspecified atom stereocenters. The van der Waals surface area contributed by atoms with Crippen LogP contribution in [0.4, 0.5) is 0 Å². The highest BCUT2D eigenvalue weighted by atomic mass is 32.2. The summed E-state index contributed by atoms with van der Waals surface area (Å²) in [6.07, 6.45) is 4.07. The Labute approximate surface area is 153 Å². The predicted molar refractivity (Wildman–Crippen MR) is 99.3 cm³/mol. The zero-order chi connectivity index (χ0) is 18.5. The van der Waals surface area contributed by atoms with Crippen LogP contribution in [-0.2, 0) is 10.0 Å². The number of piperidine rings is 1. The lowest BCUT2D eigenvalue weighted by Crippen LogP contribution is -2.73. The summed E-state index contributed by atoms with van der Waals surface area (Å²) in [5, 5.41) is 7.15. The molecule has 1 N–H and O–H groups in total. The molecule has 2 saturated heterocycles. The second-order valence-corrected chi connectivity index (χ2v) is 8.75. The molecule has 0 saturated carbocycles. The highest BCUT2D eigenvalue weighted by Crippen LogP contribution is 2.46. The van der Waals surface area contributed by atoms with Gasteiger partial charge in [0, 0.05) is 31.1 Å². The molecule has 1 aromatic carbocycles. The van der Waals surface area contributed by atoms with Crippen molar-refractivity contribution in [2.24, 2.45) is 0 Å². The van der Waals surface area contributed by atoms with Crippen LogP contribution in [0.1, 0.15) is 35.4 Å². The Hall–Kier alpha value is -1.96.